The molecule has 0 saturated carbocycles. The predicted molar refractivity (Wildman–Crippen MR) is 90.3 cm³/mol. The molecule has 124 valence electrons. The summed E-state index contributed by atoms with van der Waals surface area (Å²) in [6.45, 7) is 2.21. The topological polar surface area (TPSA) is 46.5 Å². The van der Waals surface area contributed by atoms with Crippen molar-refractivity contribution in [2.24, 2.45) is 0 Å². The van der Waals surface area contributed by atoms with Crippen molar-refractivity contribution in [3.05, 3.63) is 35.9 Å². The molecule has 0 radical (unpaired) electrons. The van der Waals surface area contributed by atoms with E-state index in [0.29, 0.717) is 0 Å². The number of unbranched alkanes of at least 4 members (excludes halogenated alkanes) is 5. The Morgan fingerprint density at radius 1 is 1.00 bits per heavy atom. The molecule has 0 fully saturated rings. The number of ether oxygens (including phenoxy) is 1. The van der Waals surface area contributed by atoms with Crippen LogP contribution in [0.5, 0.6) is 0 Å². The largest absolute Gasteiger partial charge is 0.506 e. The summed E-state index contributed by atoms with van der Waals surface area (Å²) >= 11 is 0. The van der Waals surface area contributed by atoms with Gasteiger partial charge in [0.25, 0.3) is 0 Å². The number of carbonyl (C=O) groups is 1. The molecule has 1 aromatic rings. The van der Waals surface area contributed by atoms with Crippen LogP contribution in [0.2, 0.25) is 0 Å². The number of rotatable bonds is 12. The highest BCUT2D eigenvalue weighted by Gasteiger charge is 2.13. The molecule has 22 heavy (non-hydrogen) atoms. The van der Waals surface area contributed by atoms with E-state index in [1.807, 2.05) is 18.2 Å². The van der Waals surface area contributed by atoms with E-state index in [0.717, 1.165) is 32.1 Å². The Balaban J connectivity index is 2.20. The van der Waals surface area contributed by atoms with Crippen molar-refractivity contribution in [3.8, 4) is 0 Å². The van der Waals surface area contributed by atoms with Gasteiger partial charge in [-0.15, -0.1) is 0 Å². The molecule has 1 N–H and O–H groups in total. The quantitative estimate of drug-likeness (QED) is 0.391. The average Bonchev–Trinajstić information content (AvgIpc) is 2.51. The molecule has 0 spiro atoms. The van der Waals surface area contributed by atoms with Crippen molar-refractivity contribution >= 4 is 6.16 Å². The molecule has 0 heterocycles. The van der Waals surface area contributed by atoms with Crippen molar-refractivity contribution in [3.63, 3.8) is 0 Å². The Morgan fingerprint density at radius 2 is 1.64 bits per heavy atom. The molecule has 3 heteroatoms. The minimum atomic E-state index is -1.14. The normalized spacial score (nSPS) is 12.0. The van der Waals surface area contributed by atoms with Crippen LogP contribution in [0.4, 0.5) is 4.79 Å². The van der Waals surface area contributed by atoms with Crippen molar-refractivity contribution < 1.29 is 14.6 Å². The zero-order valence-corrected chi connectivity index (χ0v) is 13.8. The lowest BCUT2D eigenvalue weighted by Gasteiger charge is -2.16. The van der Waals surface area contributed by atoms with Gasteiger partial charge in [0.2, 0.25) is 0 Å². The van der Waals surface area contributed by atoms with E-state index in [1.165, 1.54) is 37.7 Å². The summed E-state index contributed by atoms with van der Waals surface area (Å²) in [4.78, 5) is 10.8. The lowest BCUT2D eigenvalue weighted by molar-refractivity contribution is 0.0426. The molecule has 1 atom stereocenters. The molecule has 0 aliphatic heterocycles. The number of hydrogen-bond acceptors (Lipinski definition) is 2. The molecule has 1 aromatic carbocycles. The van der Waals surface area contributed by atoms with Gasteiger partial charge in [0.1, 0.15) is 6.10 Å². The molecule has 0 bridgehead atoms. The highest BCUT2D eigenvalue weighted by molar-refractivity contribution is 5.57. The second kappa shape index (κ2) is 12.1. The lowest BCUT2D eigenvalue weighted by atomic mass is 10.0. The summed E-state index contributed by atoms with van der Waals surface area (Å²) in [6, 6.07) is 10.3. The third kappa shape index (κ3) is 9.43. The van der Waals surface area contributed by atoms with Crippen molar-refractivity contribution in [1.82, 2.24) is 0 Å². The van der Waals surface area contributed by atoms with Crippen LogP contribution in [0, 0.1) is 0 Å². The third-order valence-electron chi connectivity index (χ3n) is 3.98. The van der Waals surface area contributed by atoms with E-state index in [4.69, 9.17) is 9.84 Å². The van der Waals surface area contributed by atoms with E-state index < -0.39 is 6.16 Å². The molecule has 0 aliphatic carbocycles. The Bertz CT molecular complexity index is 389. The van der Waals surface area contributed by atoms with Crippen LogP contribution in [-0.2, 0) is 11.2 Å². The molecule has 1 unspecified atom stereocenters. The minimum absolute atomic E-state index is 0.146. The second-order valence-electron chi connectivity index (χ2n) is 5.94. The second-order valence-corrected chi connectivity index (χ2v) is 5.94. The van der Waals surface area contributed by atoms with Crippen LogP contribution in [-0.4, -0.2) is 17.4 Å². The first kappa shape index (κ1) is 18.5. The monoisotopic (exact) mass is 306 g/mol. The predicted octanol–water partition coefficient (Wildman–Crippen LogP) is 5.82. The van der Waals surface area contributed by atoms with Gasteiger partial charge in [-0.25, -0.2) is 4.79 Å². The number of hydrogen-bond donors (Lipinski definition) is 1. The minimum Gasteiger partial charge on any atom is -0.450 e. The highest BCUT2D eigenvalue weighted by Crippen LogP contribution is 2.16. The van der Waals surface area contributed by atoms with Gasteiger partial charge in [-0.1, -0.05) is 69.4 Å². The maximum absolute atomic E-state index is 10.8. The summed E-state index contributed by atoms with van der Waals surface area (Å²) in [5, 5.41) is 8.85. The van der Waals surface area contributed by atoms with Gasteiger partial charge in [-0.2, -0.15) is 0 Å². The van der Waals surface area contributed by atoms with E-state index in [1.54, 1.807) is 0 Å². The molecule has 0 aliphatic rings. The Labute approximate surface area is 134 Å². The van der Waals surface area contributed by atoms with Gasteiger partial charge < -0.3 is 9.84 Å². The fourth-order valence-electron chi connectivity index (χ4n) is 2.74. The summed E-state index contributed by atoms with van der Waals surface area (Å²) in [5.74, 6) is 0. The fourth-order valence-corrected chi connectivity index (χ4v) is 2.74. The highest BCUT2D eigenvalue weighted by atomic mass is 16.7. The van der Waals surface area contributed by atoms with Crippen molar-refractivity contribution in [2.45, 2.75) is 77.2 Å². The third-order valence-corrected chi connectivity index (χ3v) is 3.98. The molecule has 3 nitrogen and oxygen atoms in total. The Morgan fingerprint density at radius 3 is 2.32 bits per heavy atom. The van der Waals surface area contributed by atoms with Crippen molar-refractivity contribution in [2.75, 3.05) is 0 Å². The number of carboxylic acid groups (broad SMARTS) is 1. The molecule has 0 amide bonds. The summed E-state index contributed by atoms with van der Waals surface area (Å²) in [6.07, 6.45) is 9.66. The zero-order chi connectivity index (χ0) is 16.0. The summed E-state index contributed by atoms with van der Waals surface area (Å²) in [7, 11) is 0. The lowest BCUT2D eigenvalue weighted by Crippen LogP contribution is -2.17. The summed E-state index contributed by atoms with van der Waals surface area (Å²) < 4.78 is 5.03. The van der Waals surface area contributed by atoms with Gasteiger partial charge in [-0.3, -0.25) is 0 Å². The van der Waals surface area contributed by atoms with E-state index in [-0.39, 0.29) is 6.10 Å². The van der Waals surface area contributed by atoms with Gasteiger partial charge >= 0.3 is 6.16 Å². The maximum atomic E-state index is 10.8. The Kier molecular flexibility index (Phi) is 10.2. The maximum Gasteiger partial charge on any atom is 0.506 e. The first-order valence-electron chi connectivity index (χ1n) is 8.66. The molecular formula is C19H30O3. The first-order valence-corrected chi connectivity index (χ1v) is 8.66. The van der Waals surface area contributed by atoms with Gasteiger partial charge in [-0.05, 0) is 37.7 Å². The first-order chi connectivity index (χ1) is 10.7. The van der Waals surface area contributed by atoms with Crippen molar-refractivity contribution in [1.29, 1.82) is 0 Å². The summed E-state index contributed by atoms with van der Waals surface area (Å²) in [5.41, 5.74) is 1.30. The number of benzene rings is 1. The zero-order valence-electron chi connectivity index (χ0n) is 13.8. The smallest absolute Gasteiger partial charge is 0.450 e. The van der Waals surface area contributed by atoms with E-state index in [2.05, 4.69) is 19.1 Å². The van der Waals surface area contributed by atoms with Crippen LogP contribution in [0.1, 0.15) is 70.3 Å². The molecule has 1 rings (SSSR count). The Hall–Kier alpha value is -1.51. The van der Waals surface area contributed by atoms with E-state index in [9.17, 15) is 4.79 Å². The molecule has 0 saturated heterocycles. The van der Waals surface area contributed by atoms with Crippen LogP contribution in [0.25, 0.3) is 0 Å². The fraction of sp³-hybridized carbons (Fsp3) is 0.632. The van der Waals surface area contributed by atoms with E-state index >= 15 is 0 Å². The van der Waals surface area contributed by atoms with Crippen LogP contribution >= 0.6 is 0 Å². The van der Waals surface area contributed by atoms with Gasteiger partial charge in [0.15, 0.2) is 0 Å². The molecule has 0 aromatic heterocycles. The number of aryl methyl sites for hydroxylation is 1. The standard InChI is InChI=1S/C19H30O3/c1-2-3-4-5-6-10-15-18(22-19(20)21)16-11-14-17-12-8-7-9-13-17/h7-9,12-13,18H,2-6,10-11,14-16H2,1H3,(H,20,21). The van der Waals surface area contributed by atoms with Crippen LogP contribution < -0.4 is 0 Å². The van der Waals surface area contributed by atoms with Gasteiger partial charge in [0.05, 0.1) is 0 Å². The van der Waals surface area contributed by atoms with Gasteiger partial charge in [0, 0.05) is 0 Å². The van der Waals surface area contributed by atoms with Crippen LogP contribution in [0.15, 0.2) is 30.3 Å². The SMILES string of the molecule is CCCCCCCCC(CCCc1ccccc1)OC(=O)O. The van der Waals surface area contributed by atoms with Crippen LogP contribution in [0.3, 0.4) is 0 Å². The molecular weight excluding hydrogens is 276 g/mol. The average molecular weight is 306 g/mol.